The van der Waals surface area contributed by atoms with Gasteiger partial charge in [-0.3, -0.25) is 0 Å². The Hall–Kier alpha value is -1.28. The van der Waals surface area contributed by atoms with E-state index in [1.807, 2.05) is 20.0 Å². The third kappa shape index (κ3) is 1.32. The average molecular weight is 189 g/mol. The summed E-state index contributed by atoms with van der Waals surface area (Å²) in [5.41, 5.74) is 2.45. The maximum atomic E-state index is 9.15. The van der Waals surface area contributed by atoms with Crippen LogP contribution < -0.4 is 0 Å². The molecule has 0 radical (unpaired) electrons. The molecule has 2 rings (SSSR count). The Morgan fingerprint density at radius 2 is 2.14 bits per heavy atom. The van der Waals surface area contributed by atoms with Gasteiger partial charge < -0.3 is 9.67 Å². The first-order valence-electron chi connectivity index (χ1n) is 4.89. The topological polar surface area (TPSA) is 25.2 Å². The largest absolute Gasteiger partial charge is 0.396 e. The molecule has 2 nitrogen and oxygen atoms in total. The highest BCUT2D eigenvalue weighted by molar-refractivity contribution is 5.84. The lowest BCUT2D eigenvalue weighted by atomic mass is 9.98. The van der Waals surface area contributed by atoms with E-state index in [1.165, 1.54) is 16.5 Å². The van der Waals surface area contributed by atoms with Crippen molar-refractivity contribution in [2.75, 3.05) is 6.61 Å². The second-order valence-electron chi connectivity index (χ2n) is 3.79. The summed E-state index contributed by atoms with van der Waals surface area (Å²) < 4.78 is 2.10. The number of rotatable bonds is 2. The lowest BCUT2D eigenvalue weighted by molar-refractivity contribution is 0.273. The minimum atomic E-state index is 0.202. The standard InChI is InChI=1S/C12H15NO/c1-9(8-14)10-4-3-5-12-11(10)6-7-13(12)2/h3-7,9,14H,8H2,1-2H3. The molecular formula is C12H15NO. The van der Waals surface area contributed by atoms with E-state index in [2.05, 4.69) is 29.0 Å². The molecule has 1 aromatic heterocycles. The van der Waals surface area contributed by atoms with Crippen LogP contribution in [0.3, 0.4) is 0 Å². The van der Waals surface area contributed by atoms with Crippen LogP contribution in [-0.2, 0) is 7.05 Å². The molecule has 1 N–H and O–H groups in total. The van der Waals surface area contributed by atoms with Gasteiger partial charge in [0.15, 0.2) is 0 Å². The van der Waals surface area contributed by atoms with Crippen LogP contribution in [0.25, 0.3) is 10.9 Å². The fraction of sp³-hybridized carbons (Fsp3) is 0.333. The summed E-state index contributed by atoms with van der Waals surface area (Å²) in [6, 6.07) is 8.34. The van der Waals surface area contributed by atoms with Gasteiger partial charge in [-0.25, -0.2) is 0 Å². The Bertz CT molecular complexity index is 445. The number of aromatic nitrogens is 1. The molecule has 0 amide bonds. The number of aliphatic hydroxyl groups is 1. The third-order valence-electron chi connectivity index (χ3n) is 2.77. The van der Waals surface area contributed by atoms with Crippen molar-refractivity contribution in [2.24, 2.45) is 7.05 Å². The van der Waals surface area contributed by atoms with Crippen molar-refractivity contribution in [3.05, 3.63) is 36.0 Å². The zero-order valence-corrected chi connectivity index (χ0v) is 8.57. The number of hydrogen-bond donors (Lipinski definition) is 1. The van der Waals surface area contributed by atoms with Gasteiger partial charge >= 0.3 is 0 Å². The van der Waals surface area contributed by atoms with Gasteiger partial charge in [0.1, 0.15) is 0 Å². The van der Waals surface area contributed by atoms with Gasteiger partial charge in [-0.05, 0) is 17.7 Å². The summed E-state index contributed by atoms with van der Waals surface area (Å²) in [7, 11) is 2.04. The molecule has 2 heteroatoms. The van der Waals surface area contributed by atoms with Crippen molar-refractivity contribution in [3.63, 3.8) is 0 Å². The van der Waals surface area contributed by atoms with Gasteiger partial charge in [0.05, 0.1) is 0 Å². The van der Waals surface area contributed by atoms with Crippen LogP contribution in [0, 0.1) is 0 Å². The Morgan fingerprint density at radius 1 is 1.36 bits per heavy atom. The molecule has 0 spiro atoms. The summed E-state index contributed by atoms with van der Waals surface area (Å²) in [6.45, 7) is 2.25. The molecule has 0 aliphatic heterocycles. The minimum Gasteiger partial charge on any atom is -0.396 e. The van der Waals surface area contributed by atoms with E-state index >= 15 is 0 Å². The molecular weight excluding hydrogens is 174 g/mol. The molecule has 1 aromatic carbocycles. The van der Waals surface area contributed by atoms with Crippen LogP contribution >= 0.6 is 0 Å². The maximum absolute atomic E-state index is 9.15. The van der Waals surface area contributed by atoms with Crippen molar-refractivity contribution < 1.29 is 5.11 Å². The Kier molecular flexibility index (Phi) is 2.30. The molecule has 0 fully saturated rings. The molecule has 0 bridgehead atoms. The van der Waals surface area contributed by atoms with E-state index < -0.39 is 0 Å². The molecule has 1 unspecified atom stereocenters. The third-order valence-corrected chi connectivity index (χ3v) is 2.77. The van der Waals surface area contributed by atoms with Gasteiger partial charge in [-0.1, -0.05) is 19.1 Å². The van der Waals surface area contributed by atoms with E-state index in [0.29, 0.717) is 0 Å². The Morgan fingerprint density at radius 3 is 2.86 bits per heavy atom. The van der Waals surface area contributed by atoms with Crippen molar-refractivity contribution in [1.82, 2.24) is 4.57 Å². The van der Waals surface area contributed by atoms with Gasteiger partial charge in [0, 0.05) is 36.7 Å². The van der Waals surface area contributed by atoms with Crippen LogP contribution in [0.15, 0.2) is 30.5 Å². The number of fused-ring (bicyclic) bond motifs is 1. The highest BCUT2D eigenvalue weighted by atomic mass is 16.3. The lowest BCUT2D eigenvalue weighted by Crippen LogP contribution is -1.99. The minimum absolute atomic E-state index is 0.202. The Balaban J connectivity index is 2.65. The second-order valence-corrected chi connectivity index (χ2v) is 3.79. The highest BCUT2D eigenvalue weighted by Crippen LogP contribution is 2.25. The summed E-state index contributed by atoms with van der Waals surface area (Å²) in [6.07, 6.45) is 2.05. The quantitative estimate of drug-likeness (QED) is 0.770. The lowest BCUT2D eigenvalue weighted by Gasteiger charge is -2.09. The number of aliphatic hydroxyl groups excluding tert-OH is 1. The maximum Gasteiger partial charge on any atom is 0.0497 e. The zero-order chi connectivity index (χ0) is 10.1. The SMILES string of the molecule is CC(CO)c1cccc2c1ccn2C. The fourth-order valence-electron chi connectivity index (χ4n) is 1.85. The van der Waals surface area contributed by atoms with Crippen molar-refractivity contribution >= 4 is 10.9 Å². The van der Waals surface area contributed by atoms with E-state index in [9.17, 15) is 0 Å². The second kappa shape index (κ2) is 3.46. The summed E-state index contributed by atoms with van der Waals surface area (Å²) in [4.78, 5) is 0. The molecule has 74 valence electrons. The molecule has 0 aliphatic rings. The molecule has 1 heterocycles. The van der Waals surface area contributed by atoms with Crippen LogP contribution in [0.2, 0.25) is 0 Å². The first-order chi connectivity index (χ1) is 6.74. The fourth-order valence-corrected chi connectivity index (χ4v) is 1.85. The van der Waals surface area contributed by atoms with Crippen LogP contribution in [0.5, 0.6) is 0 Å². The number of aryl methyl sites for hydroxylation is 1. The first kappa shape index (κ1) is 9.28. The molecule has 0 saturated carbocycles. The van der Waals surface area contributed by atoms with E-state index in [0.717, 1.165) is 0 Å². The Labute approximate surface area is 83.8 Å². The van der Waals surface area contributed by atoms with Gasteiger partial charge in [0.25, 0.3) is 0 Å². The molecule has 1 atom stereocenters. The van der Waals surface area contributed by atoms with Crippen LogP contribution in [0.1, 0.15) is 18.4 Å². The van der Waals surface area contributed by atoms with Gasteiger partial charge in [0.2, 0.25) is 0 Å². The van der Waals surface area contributed by atoms with Crippen LogP contribution in [0.4, 0.5) is 0 Å². The molecule has 2 aromatic rings. The van der Waals surface area contributed by atoms with E-state index in [-0.39, 0.29) is 12.5 Å². The van der Waals surface area contributed by atoms with E-state index in [4.69, 9.17) is 5.11 Å². The van der Waals surface area contributed by atoms with Crippen LogP contribution in [-0.4, -0.2) is 16.3 Å². The predicted molar refractivity (Wildman–Crippen MR) is 58.4 cm³/mol. The van der Waals surface area contributed by atoms with Crippen molar-refractivity contribution in [2.45, 2.75) is 12.8 Å². The molecule has 0 saturated heterocycles. The van der Waals surface area contributed by atoms with Gasteiger partial charge in [-0.15, -0.1) is 0 Å². The normalized spacial score (nSPS) is 13.4. The monoisotopic (exact) mass is 189 g/mol. The number of benzene rings is 1. The summed E-state index contributed by atoms with van der Waals surface area (Å²) in [5, 5.41) is 10.4. The summed E-state index contributed by atoms with van der Waals surface area (Å²) in [5.74, 6) is 0.209. The number of hydrogen-bond acceptors (Lipinski definition) is 1. The van der Waals surface area contributed by atoms with Crippen molar-refractivity contribution in [1.29, 1.82) is 0 Å². The predicted octanol–water partition coefficient (Wildman–Crippen LogP) is 2.27. The molecule has 0 aliphatic carbocycles. The zero-order valence-electron chi connectivity index (χ0n) is 8.57. The average Bonchev–Trinajstić information content (AvgIpc) is 2.59. The summed E-state index contributed by atoms with van der Waals surface area (Å²) >= 11 is 0. The number of nitrogens with zero attached hydrogens (tertiary/aromatic N) is 1. The first-order valence-corrected chi connectivity index (χ1v) is 4.89. The smallest absolute Gasteiger partial charge is 0.0497 e. The highest BCUT2D eigenvalue weighted by Gasteiger charge is 2.09. The molecule has 14 heavy (non-hydrogen) atoms. The van der Waals surface area contributed by atoms with Crippen molar-refractivity contribution in [3.8, 4) is 0 Å². The van der Waals surface area contributed by atoms with E-state index in [1.54, 1.807) is 0 Å². The van der Waals surface area contributed by atoms with Gasteiger partial charge in [-0.2, -0.15) is 0 Å².